The molecule has 2 aromatic rings. The Bertz CT molecular complexity index is 737. The molecule has 0 spiro atoms. The zero-order valence-corrected chi connectivity index (χ0v) is 12.8. The number of halogens is 1. The van der Waals surface area contributed by atoms with Crippen molar-refractivity contribution in [3.05, 3.63) is 65.5 Å². The number of benzene rings is 2. The summed E-state index contributed by atoms with van der Waals surface area (Å²) in [5.41, 5.74) is 4.84. The van der Waals surface area contributed by atoms with Gasteiger partial charge in [-0.2, -0.15) is 5.10 Å². The summed E-state index contributed by atoms with van der Waals surface area (Å²) >= 11 is 0. The zero-order valence-electron chi connectivity index (χ0n) is 12.8. The summed E-state index contributed by atoms with van der Waals surface area (Å²) in [4.78, 5) is 22.8. The number of anilines is 1. The van der Waals surface area contributed by atoms with Crippen molar-refractivity contribution in [3.8, 4) is 0 Å². The SMILES string of the molecule is CC(=O)Nc1ccc(/C(C)=N\NC(=O)c2ccc(F)cc2)cc1. The maximum Gasteiger partial charge on any atom is 0.271 e. The van der Waals surface area contributed by atoms with Gasteiger partial charge < -0.3 is 5.32 Å². The average Bonchev–Trinajstić information content (AvgIpc) is 2.53. The van der Waals surface area contributed by atoms with Crippen molar-refractivity contribution in [2.75, 3.05) is 5.32 Å². The van der Waals surface area contributed by atoms with E-state index in [1.54, 1.807) is 31.2 Å². The second kappa shape index (κ2) is 7.31. The van der Waals surface area contributed by atoms with E-state index in [9.17, 15) is 14.0 Å². The van der Waals surface area contributed by atoms with E-state index < -0.39 is 11.7 Å². The van der Waals surface area contributed by atoms with Crippen LogP contribution in [0, 0.1) is 5.82 Å². The zero-order chi connectivity index (χ0) is 16.8. The van der Waals surface area contributed by atoms with Crippen LogP contribution in [0.5, 0.6) is 0 Å². The molecular weight excluding hydrogens is 297 g/mol. The number of carbonyl (C=O) groups is 2. The second-order valence-corrected chi connectivity index (χ2v) is 4.90. The lowest BCUT2D eigenvalue weighted by Crippen LogP contribution is -2.19. The molecule has 0 saturated heterocycles. The highest BCUT2D eigenvalue weighted by atomic mass is 19.1. The molecule has 0 unspecified atom stereocenters. The van der Waals surface area contributed by atoms with Crippen LogP contribution in [0.4, 0.5) is 10.1 Å². The van der Waals surface area contributed by atoms with Crippen LogP contribution in [0.25, 0.3) is 0 Å². The topological polar surface area (TPSA) is 70.6 Å². The van der Waals surface area contributed by atoms with Crippen LogP contribution in [-0.4, -0.2) is 17.5 Å². The van der Waals surface area contributed by atoms with Gasteiger partial charge in [-0.25, -0.2) is 9.82 Å². The Balaban J connectivity index is 2.03. The number of nitrogens with one attached hydrogen (secondary N) is 2. The molecule has 6 heteroatoms. The smallest absolute Gasteiger partial charge is 0.271 e. The van der Waals surface area contributed by atoms with Crippen molar-refractivity contribution in [1.82, 2.24) is 5.43 Å². The number of hydrogen-bond acceptors (Lipinski definition) is 3. The van der Waals surface area contributed by atoms with E-state index in [1.165, 1.54) is 31.2 Å². The fourth-order valence-electron chi connectivity index (χ4n) is 1.86. The predicted octanol–water partition coefficient (Wildman–Crippen LogP) is 2.94. The maximum atomic E-state index is 12.8. The molecule has 118 valence electrons. The van der Waals surface area contributed by atoms with Gasteiger partial charge in [0, 0.05) is 18.2 Å². The van der Waals surface area contributed by atoms with Crippen LogP contribution < -0.4 is 10.7 Å². The van der Waals surface area contributed by atoms with Crippen molar-refractivity contribution < 1.29 is 14.0 Å². The van der Waals surface area contributed by atoms with E-state index in [-0.39, 0.29) is 5.91 Å². The number of hydrogen-bond donors (Lipinski definition) is 2. The summed E-state index contributed by atoms with van der Waals surface area (Å²) in [6, 6.07) is 12.3. The molecule has 0 saturated carbocycles. The minimum Gasteiger partial charge on any atom is -0.326 e. The Morgan fingerprint density at radius 1 is 0.913 bits per heavy atom. The molecule has 0 aromatic heterocycles. The van der Waals surface area contributed by atoms with Gasteiger partial charge in [-0.3, -0.25) is 9.59 Å². The van der Waals surface area contributed by atoms with Gasteiger partial charge in [-0.05, 0) is 48.9 Å². The Labute approximate surface area is 133 Å². The molecule has 23 heavy (non-hydrogen) atoms. The quantitative estimate of drug-likeness (QED) is 0.673. The third-order valence-corrected chi connectivity index (χ3v) is 3.05. The normalized spacial score (nSPS) is 11.0. The van der Waals surface area contributed by atoms with Gasteiger partial charge in [-0.15, -0.1) is 0 Å². The predicted molar refractivity (Wildman–Crippen MR) is 86.8 cm³/mol. The molecule has 0 aliphatic carbocycles. The molecule has 2 rings (SSSR count). The van der Waals surface area contributed by atoms with E-state index in [2.05, 4.69) is 15.8 Å². The number of rotatable bonds is 4. The van der Waals surface area contributed by atoms with Crippen LogP contribution in [-0.2, 0) is 4.79 Å². The van der Waals surface area contributed by atoms with Gasteiger partial charge >= 0.3 is 0 Å². The molecule has 0 aliphatic rings. The highest BCUT2D eigenvalue weighted by Crippen LogP contribution is 2.10. The summed E-state index contributed by atoms with van der Waals surface area (Å²) in [7, 11) is 0. The fourth-order valence-corrected chi connectivity index (χ4v) is 1.86. The molecule has 2 aromatic carbocycles. The first-order valence-corrected chi connectivity index (χ1v) is 6.94. The Morgan fingerprint density at radius 2 is 1.48 bits per heavy atom. The highest BCUT2D eigenvalue weighted by Gasteiger charge is 2.05. The molecule has 0 bridgehead atoms. The monoisotopic (exact) mass is 313 g/mol. The third kappa shape index (κ3) is 4.74. The average molecular weight is 313 g/mol. The van der Waals surface area contributed by atoms with E-state index in [0.29, 0.717) is 17.0 Å². The molecular formula is C17H16FN3O2. The van der Waals surface area contributed by atoms with Crippen molar-refractivity contribution >= 4 is 23.2 Å². The molecule has 2 amide bonds. The molecule has 0 radical (unpaired) electrons. The Morgan fingerprint density at radius 3 is 2.04 bits per heavy atom. The van der Waals surface area contributed by atoms with Crippen LogP contribution in [0.15, 0.2) is 53.6 Å². The van der Waals surface area contributed by atoms with E-state index >= 15 is 0 Å². The Kier molecular flexibility index (Phi) is 5.19. The number of carbonyl (C=O) groups excluding carboxylic acids is 2. The Hall–Kier alpha value is -3.02. The first-order chi connectivity index (χ1) is 11.0. The number of amides is 2. The fraction of sp³-hybridized carbons (Fsp3) is 0.118. The molecule has 0 heterocycles. The van der Waals surface area contributed by atoms with E-state index in [0.717, 1.165) is 5.56 Å². The third-order valence-electron chi connectivity index (χ3n) is 3.05. The first kappa shape index (κ1) is 16.4. The minimum atomic E-state index is -0.417. The maximum absolute atomic E-state index is 12.8. The van der Waals surface area contributed by atoms with Crippen molar-refractivity contribution in [3.63, 3.8) is 0 Å². The van der Waals surface area contributed by atoms with Gasteiger partial charge in [0.15, 0.2) is 0 Å². The summed E-state index contributed by atoms with van der Waals surface area (Å²) in [6.45, 7) is 3.18. The highest BCUT2D eigenvalue weighted by molar-refractivity contribution is 6.01. The molecule has 5 nitrogen and oxygen atoms in total. The summed E-state index contributed by atoms with van der Waals surface area (Å²) in [5, 5.41) is 6.69. The molecule has 0 atom stereocenters. The standard InChI is InChI=1S/C17H16FN3O2/c1-11(13-5-9-16(10-6-13)19-12(2)22)20-21-17(23)14-3-7-15(18)8-4-14/h3-10H,1-2H3,(H,19,22)(H,21,23)/b20-11-. The van der Waals surface area contributed by atoms with Crippen molar-refractivity contribution in [2.24, 2.45) is 5.10 Å². The lowest BCUT2D eigenvalue weighted by atomic mass is 10.1. The van der Waals surface area contributed by atoms with Gasteiger partial charge in [0.2, 0.25) is 5.91 Å². The van der Waals surface area contributed by atoms with Crippen LogP contribution >= 0.6 is 0 Å². The van der Waals surface area contributed by atoms with Crippen LogP contribution in [0.3, 0.4) is 0 Å². The van der Waals surface area contributed by atoms with Crippen molar-refractivity contribution in [2.45, 2.75) is 13.8 Å². The first-order valence-electron chi connectivity index (χ1n) is 6.94. The number of hydrazone groups is 1. The lowest BCUT2D eigenvalue weighted by molar-refractivity contribution is -0.114. The minimum absolute atomic E-state index is 0.144. The summed E-state index contributed by atoms with van der Waals surface area (Å²) in [6.07, 6.45) is 0. The number of nitrogens with zero attached hydrogens (tertiary/aromatic N) is 1. The van der Waals surface area contributed by atoms with Gasteiger partial charge in [-0.1, -0.05) is 12.1 Å². The van der Waals surface area contributed by atoms with Gasteiger partial charge in [0.1, 0.15) is 5.82 Å². The lowest BCUT2D eigenvalue weighted by Gasteiger charge is -2.05. The molecule has 2 N–H and O–H groups in total. The molecule has 0 fully saturated rings. The molecule has 0 aliphatic heterocycles. The van der Waals surface area contributed by atoms with Gasteiger partial charge in [0.25, 0.3) is 5.91 Å². The van der Waals surface area contributed by atoms with Gasteiger partial charge in [0.05, 0.1) is 5.71 Å². The van der Waals surface area contributed by atoms with E-state index in [1.807, 2.05) is 0 Å². The van der Waals surface area contributed by atoms with Crippen molar-refractivity contribution in [1.29, 1.82) is 0 Å². The van der Waals surface area contributed by atoms with Crippen LogP contribution in [0.2, 0.25) is 0 Å². The van der Waals surface area contributed by atoms with E-state index in [4.69, 9.17) is 0 Å². The van der Waals surface area contributed by atoms with Crippen LogP contribution in [0.1, 0.15) is 29.8 Å². The summed E-state index contributed by atoms with van der Waals surface area (Å²) < 4.78 is 12.8. The second-order valence-electron chi connectivity index (χ2n) is 4.90. The largest absolute Gasteiger partial charge is 0.326 e. The summed E-state index contributed by atoms with van der Waals surface area (Å²) in [5.74, 6) is -0.964.